The molecule has 1 aromatic rings. The highest BCUT2D eigenvalue weighted by Gasteiger charge is 2.20. The van der Waals surface area contributed by atoms with Crippen molar-refractivity contribution in [2.45, 2.75) is 12.5 Å². The van der Waals surface area contributed by atoms with Crippen LogP contribution in [0, 0.1) is 11.3 Å². The van der Waals surface area contributed by atoms with Crippen LogP contribution in [-0.4, -0.2) is 29.1 Å². The van der Waals surface area contributed by atoms with Gasteiger partial charge in [0.25, 0.3) is 0 Å². The summed E-state index contributed by atoms with van der Waals surface area (Å²) in [6, 6.07) is 2.20. The molecule has 0 spiro atoms. The lowest BCUT2D eigenvalue weighted by Gasteiger charge is -2.14. The maximum absolute atomic E-state index is 8.57. The van der Waals surface area contributed by atoms with Gasteiger partial charge in [0, 0.05) is 19.1 Å². The van der Waals surface area contributed by atoms with Gasteiger partial charge in [0.05, 0.1) is 18.0 Å². The van der Waals surface area contributed by atoms with Gasteiger partial charge in [0.2, 0.25) is 5.95 Å². The molecule has 14 heavy (non-hydrogen) atoms. The summed E-state index contributed by atoms with van der Waals surface area (Å²) < 4.78 is 0. The van der Waals surface area contributed by atoms with Crippen LogP contribution in [0.5, 0.6) is 0 Å². The Morgan fingerprint density at radius 3 is 2.71 bits per heavy atom. The van der Waals surface area contributed by atoms with Crippen LogP contribution in [0.15, 0.2) is 12.4 Å². The van der Waals surface area contributed by atoms with E-state index in [0.29, 0.717) is 11.5 Å². The second-order valence-electron chi connectivity index (χ2n) is 3.38. The van der Waals surface area contributed by atoms with Gasteiger partial charge in [0.15, 0.2) is 0 Å². The lowest BCUT2D eigenvalue weighted by atomic mass is 10.3. The number of nitrogens with two attached hydrogens (primary N) is 1. The minimum absolute atomic E-state index is 0.217. The van der Waals surface area contributed by atoms with Gasteiger partial charge in [-0.2, -0.15) is 5.26 Å². The molecule has 0 radical (unpaired) electrons. The number of aromatic nitrogens is 2. The van der Waals surface area contributed by atoms with E-state index in [0.717, 1.165) is 19.5 Å². The monoisotopic (exact) mass is 189 g/mol. The number of hydrogen-bond donors (Lipinski definition) is 1. The predicted octanol–water partition coefficient (Wildman–Crippen LogP) is -0.114. The maximum Gasteiger partial charge on any atom is 0.225 e. The van der Waals surface area contributed by atoms with Crippen LogP contribution in [0.1, 0.15) is 12.0 Å². The fourth-order valence-corrected chi connectivity index (χ4v) is 1.51. The molecule has 0 saturated carbocycles. The zero-order valence-corrected chi connectivity index (χ0v) is 7.72. The first-order valence-electron chi connectivity index (χ1n) is 4.52. The van der Waals surface area contributed by atoms with Gasteiger partial charge >= 0.3 is 0 Å². The van der Waals surface area contributed by atoms with Gasteiger partial charge in [0.1, 0.15) is 6.07 Å². The molecule has 2 N–H and O–H groups in total. The van der Waals surface area contributed by atoms with Gasteiger partial charge in [-0.05, 0) is 6.42 Å². The lowest BCUT2D eigenvalue weighted by molar-refractivity contribution is 0.750. The van der Waals surface area contributed by atoms with Crippen LogP contribution in [0.4, 0.5) is 5.95 Å². The van der Waals surface area contributed by atoms with Crippen molar-refractivity contribution >= 4 is 5.95 Å². The summed E-state index contributed by atoms with van der Waals surface area (Å²) >= 11 is 0. The van der Waals surface area contributed by atoms with Crippen LogP contribution < -0.4 is 10.6 Å². The third-order valence-electron chi connectivity index (χ3n) is 2.27. The maximum atomic E-state index is 8.57. The molecule has 0 unspecified atom stereocenters. The van der Waals surface area contributed by atoms with Crippen LogP contribution in [-0.2, 0) is 0 Å². The highest BCUT2D eigenvalue weighted by Crippen LogP contribution is 2.13. The molecule has 1 atom stereocenters. The van der Waals surface area contributed by atoms with Crippen molar-refractivity contribution in [1.82, 2.24) is 9.97 Å². The summed E-state index contributed by atoms with van der Waals surface area (Å²) in [6.45, 7) is 1.69. The summed E-state index contributed by atoms with van der Waals surface area (Å²) in [6.07, 6.45) is 4.04. The van der Waals surface area contributed by atoms with E-state index in [2.05, 4.69) is 9.97 Å². The molecule has 1 aliphatic heterocycles. The van der Waals surface area contributed by atoms with Crippen molar-refractivity contribution < 1.29 is 0 Å². The summed E-state index contributed by atoms with van der Waals surface area (Å²) in [5, 5.41) is 8.57. The molecule has 1 aromatic heterocycles. The quantitative estimate of drug-likeness (QED) is 0.666. The Morgan fingerprint density at radius 2 is 2.21 bits per heavy atom. The van der Waals surface area contributed by atoms with Crippen molar-refractivity contribution in [3.8, 4) is 6.07 Å². The Hall–Kier alpha value is -1.67. The van der Waals surface area contributed by atoms with Crippen molar-refractivity contribution in [1.29, 1.82) is 5.26 Å². The molecule has 0 amide bonds. The smallest absolute Gasteiger partial charge is 0.225 e. The predicted molar refractivity (Wildman–Crippen MR) is 51.6 cm³/mol. The molecule has 1 fully saturated rings. The normalized spacial score (nSPS) is 20.9. The Balaban J connectivity index is 2.14. The standard InChI is InChI=1S/C9H11N5/c10-3-7-4-12-9(13-5-7)14-2-1-8(11)6-14/h4-5,8H,1-2,6,11H2/t8-/m1/s1. The summed E-state index contributed by atoms with van der Waals surface area (Å²) in [4.78, 5) is 10.2. The zero-order valence-electron chi connectivity index (χ0n) is 7.72. The Bertz CT molecular complexity index is 352. The van der Waals surface area contributed by atoms with Crippen LogP contribution in [0.25, 0.3) is 0 Å². The van der Waals surface area contributed by atoms with Gasteiger partial charge < -0.3 is 10.6 Å². The van der Waals surface area contributed by atoms with Crippen molar-refractivity contribution in [2.24, 2.45) is 5.73 Å². The number of nitrogens with zero attached hydrogens (tertiary/aromatic N) is 4. The number of rotatable bonds is 1. The molecule has 2 heterocycles. The largest absolute Gasteiger partial charge is 0.339 e. The van der Waals surface area contributed by atoms with Crippen molar-refractivity contribution in [3.05, 3.63) is 18.0 Å². The number of hydrogen-bond acceptors (Lipinski definition) is 5. The molecular formula is C9H11N5. The fourth-order valence-electron chi connectivity index (χ4n) is 1.51. The second-order valence-corrected chi connectivity index (χ2v) is 3.38. The first-order valence-corrected chi connectivity index (χ1v) is 4.52. The van der Waals surface area contributed by atoms with Crippen LogP contribution in [0.2, 0.25) is 0 Å². The summed E-state index contributed by atoms with van der Waals surface area (Å²) in [5.74, 6) is 0.664. The van der Waals surface area contributed by atoms with E-state index in [1.54, 1.807) is 0 Å². The Labute approximate surface area is 82.2 Å². The molecular weight excluding hydrogens is 178 g/mol. The third-order valence-corrected chi connectivity index (χ3v) is 2.27. The SMILES string of the molecule is N#Cc1cnc(N2CC[C@@H](N)C2)nc1. The Kier molecular flexibility index (Phi) is 2.29. The first kappa shape index (κ1) is 8.91. The molecule has 0 aromatic carbocycles. The molecule has 0 aliphatic carbocycles. The van der Waals surface area contributed by atoms with Crippen LogP contribution >= 0.6 is 0 Å². The van der Waals surface area contributed by atoms with Gasteiger partial charge in [-0.3, -0.25) is 0 Å². The van der Waals surface area contributed by atoms with Gasteiger partial charge in [-0.1, -0.05) is 0 Å². The number of anilines is 1. The van der Waals surface area contributed by atoms with E-state index in [1.807, 2.05) is 11.0 Å². The molecule has 1 saturated heterocycles. The van der Waals surface area contributed by atoms with Crippen molar-refractivity contribution in [3.63, 3.8) is 0 Å². The topological polar surface area (TPSA) is 78.8 Å². The Morgan fingerprint density at radius 1 is 1.50 bits per heavy atom. The lowest BCUT2D eigenvalue weighted by Crippen LogP contribution is -2.27. The molecule has 5 heteroatoms. The summed E-state index contributed by atoms with van der Waals surface area (Å²) in [7, 11) is 0. The molecule has 72 valence electrons. The average Bonchev–Trinajstić information content (AvgIpc) is 2.65. The van der Waals surface area contributed by atoms with Crippen LogP contribution in [0.3, 0.4) is 0 Å². The van der Waals surface area contributed by atoms with Gasteiger partial charge in [-0.25, -0.2) is 9.97 Å². The summed E-state index contributed by atoms with van der Waals surface area (Å²) in [5.41, 5.74) is 6.25. The fraction of sp³-hybridized carbons (Fsp3) is 0.444. The molecule has 1 aliphatic rings. The van der Waals surface area contributed by atoms with E-state index < -0.39 is 0 Å². The molecule has 5 nitrogen and oxygen atoms in total. The van der Waals surface area contributed by atoms with Gasteiger partial charge in [-0.15, -0.1) is 0 Å². The highest BCUT2D eigenvalue weighted by atomic mass is 15.3. The van der Waals surface area contributed by atoms with E-state index in [4.69, 9.17) is 11.0 Å². The zero-order chi connectivity index (χ0) is 9.97. The van der Waals surface area contributed by atoms with E-state index >= 15 is 0 Å². The highest BCUT2D eigenvalue weighted by molar-refractivity contribution is 5.34. The molecule has 2 rings (SSSR count). The second kappa shape index (κ2) is 3.60. The minimum atomic E-state index is 0.217. The molecule has 0 bridgehead atoms. The number of nitriles is 1. The first-order chi connectivity index (χ1) is 6.79. The average molecular weight is 189 g/mol. The van der Waals surface area contributed by atoms with E-state index in [1.165, 1.54) is 12.4 Å². The third kappa shape index (κ3) is 1.65. The van der Waals surface area contributed by atoms with E-state index in [-0.39, 0.29) is 6.04 Å². The van der Waals surface area contributed by atoms with E-state index in [9.17, 15) is 0 Å². The minimum Gasteiger partial charge on any atom is -0.339 e. The van der Waals surface area contributed by atoms with Crippen molar-refractivity contribution in [2.75, 3.05) is 18.0 Å².